The van der Waals surface area contributed by atoms with Crippen molar-refractivity contribution in [3.8, 4) is 5.75 Å². The molecule has 0 saturated heterocycles. The molecular formula is C26H19BrN4O5. The predicted octanol–water partition coefficient (Wildman–Crippen LogP) is 3.88. The lowest BCUT2D eigenvalue weighted by molar-refractivity contribution is -0.132. The number of hydrogen-bond donors (Lipinski definition) is 4. The summed E-state index contributed by atoms with van der Waals surface area (Å²) >= 11 is 3.29. The van der Waals surface area contributed by atoms with Crippen molar-refractivity contribution in [2.24, 2.45) is 0 Å². The van der Waals surface area contributed by atoms with Crippen LogP contribution in [0.3, 0.4) is 0 Å². The van der Waals surface area contributed by atoms with Gasteiger partial charge >= 0.3 is 5.97 Å². The summed E-state index contributed by atoms with van der Waals surface area (Å²) in [4.78, 5) is 37.2. The fourth-order valence-electron chi connectivity index (χ4n) is 3.43. The van der Waals surface area contributed by atoms with Crippen LogP contribution >= 0.6 is 15.9 Å². The minimum Gasteiger partial charge on any atom is -0.508 e. The molecule has 0 aliphatic heterocycles. The molecule has 0 aliphatic rings. The van der Waals surface area contributed by atoms with Crippen molar-refractivity contribution < 1.29 is 24.6 Å². The number of fused-ring (bicyclic) bond motifs is 1. The zero-order valence-corrected chi connectivity index (χ0v) is 20.2. The van der Waals surface area contributed by atoms with E-state index in [1.165, 1.54) is 36.5 Å². The number of halogens is 1. The summed E-state index contributed by atoms with van der Waals surface area (Å²) in [6, 6.07) is 18.0. The minimum absolute atomic E-state index is 0.100. The molecule has 180 valence electrons. The van der Waals surface area contributed by atoms with Gasteiger partial charge in [0.15, 0.2) is 0 Å². The molecule has 4 N–H and O–H groups in total. The standard InChI is InChI=1S/C26H19BrN4O5/c27-21-11-16(24(33)28-13-15-4-3-5-18(32)10-15)8-9-20(21)25(34)30-23(26(35)36)12-17-14-29-31-22-7-2-1-6-19(17)22/h1-12,14,32H,13H2,(H,28,33)(H,30,34)(H,35,36)/b23-12-. The molecule has 0 spiro atoms. The second-order valence-corrected chi connectivity index (χ2v) is 8.54. The van der Waals surface area contributed by atoms with Gasteiger partial charge in [-0.05, 0) is 64.0 Å². The Morgan fingerprint density at radius 3 is 2.53 bits per heavy atom. The lowest BCUT2D eigenvalue weighted by atomic mass is 10.1. The number of hydrogen-bond acceptors (Lipinski definition) is 6. The van der Waals surface area contributed by atoms with Gasteiger partial charge in [0.2, 0.25) is 0 Å². The van der Waals surface area contributed by atoms with Crippen LogP contribution in [0.2, 0.25) is 0 Å². The third-order valence-electron chi connectivity index (χ3n) is 5.20. The number of carbonyl (C=O) groups is 3. The van der Waals surface area contributed by atoms with Crippen molar-refractivity contribution >= 4 is 50.7 Å². The van der Waals surface area contributed by atoms with Crippen LogP contribution in [-0.2, 0) is 11.3 Å². The fourth-order valence-corrected chi connectivity index (χ4v) is 3.99. The molecule has 3 aromatic carbocycles. The van der Waals surface area contributed by atoms with E-state index in [9.17, 15) is 24.6 Å². The summed E-state index contributed by atoms with van der Waals surface area (Å²) in [5, 5.41) is 32.9. The van der Waals surface area contributed by atoms with E-state index in [-0.39, 0.29) is 29.5 Å². The predicted molar refractivity (Wildman–Crippen MR) is 136 cm³/mol. The number of aromatic hydroxyl groups is 1. The summed E-state index contributed by atoms with van der Waals surface area (Å²) in [5.74, 6) is -2.28. The number of carbonyl (C=O) groups excluding carboxylic acids is 2. The van der Waals surface area contributed by atoms with E-state index < -0.39 is 11.9 Å². The van der Waals surface area contributed by atoms with Crippen molar-refractivity contribution in [3.05, 3.63) is 105 Å². The number of aliphatic carboxylic acids is 1. The van der Waals surface area contributed by atoms with Gasteiger partial charge < -0.3 is 20.8 Å². The molecule has 10 heteroatoms. The van der Waals surface area contributed by atoms with Crippen LogP contribution in [0.4, 0.5) is 0 Å². The summed E-state index contributed by atoms with van der Waals surface area (Å²) in [6.07, 6.45) is 2.73. The summed E-state index contributed by atoms with van der Waals surface area (Å²) < 4.78 is 0.311. The van der Waals surface area contributed by atoms with Crippen molar-refractivity contribution in [1.29, 1.82) is 0 Å². The highest BCUT2D eigenvalue weighted by atomic mass is 79.9. The van der Waals surface area contributed by atoms with Gasteiger partial charge in [-0.15, -0.1) is 0 Å². The van der Waals surface area contributed by atoms with Crippen LogP contribution in [0.15, 0.2) is 83.1 Å². The normalized spacial score (nSPS) is 11.2. The largest absolute Gasteiger partial charge is 0.508 e. The second kappa shape index (κ2) is 10.8. The first-order valence-electron chi connectivity index (χ1n) is 10.6. The Balaban J connectivity index is 1.50. The number of phenolic OH excluding ortho intramolecular Hbond substituents is 1. The first-order valence-corrected chi connectivity index (χ1v) is 11.4. The zero-order chi connectivity index (χ0) is 25.7. The van der Waals surface area contributed by atoms with Gasteiger partial charge in [-0.25, -0.2) is 4.79 Å². The highest BCUT2D eigenvalue weighted by Crippen LogP contribution is 2.21. The molecule has 0 radical (unpaired) electrons. The van der Waals surface area contributed by atoms with E-state index in [1.54, 1.807) is 42.5 Å². The number of benzene rings is 3. The Morgan fingerprint density at radius 1 is 0.972 bits per heavy atom. The molecule has 1 heterocycles. The van der Waals surface area contributed by atoms with E-state index in [2.05, 4.69) is 36.8 Å². The number of phenols is 1. The van der Waals surface area contributed by atoms with E-state index >= 15 is 0 Å². The Kier molecular flexibility index (Phi) is 7.36. The van der Waals surface area contributed by atoms with Crippen molar-refractivity contribution in [3.63, 3.8) is 0 Å². The van der Waals surface area contributed by atoms with Crippen molar-refractivity contribution in [2.45, 2.75) is 6.54 Å². The maximum atomic E-state index is 12.9. The van der Waals surface area contributed by atoms with E-state index in [0.717, 1.165) is 5.56 Å². The van der Waals surface area contributed by atoms with Gasteiger partial charge in [0.25, 0.3) is 11.8 Å². The smallest absolute Gasteiger partial charge is 0.352 e. The van der Waals surface area contributed by atoms with Gasteiger partial charge in [-0.3, -0.25) is 9.59 Å². The van der Waals surface area contributed by atoms with E-state index in [1.807, 2.05) is 0 Å². The highest BCUT2D eigenvalue weighted by molar-refractivity contribution is 9.10. The zero-order valence-electron chi connectivity index (χ0n) is 18.6. The van der Waals surface area contributed by atoms with Gasteiger partial charge in [0.1, 0.15) is 11.4 Å². The maximum absolute atomic E-state index is 12.9. The monoisotopic (exact) mass is 546 g/mol. The quantitative estimate of drug-likeness (QED) is 0.257. The lowest BCUT2D eigenvalue weighted by Crippen LogP contribution is -2.28. The first-order chi connectivity index (χ1) is 17.3. The molecule has 0 aliphatic carbocycles. The molecule has 1 aromatic heterocycles. The average Bonchev–Trinajstić information content (AvgIpc) is 2.87. The van der Waals surface area contributed by atoms with Crippen LogP contribution in [-0.4, -0.2) is 38.2 Å². The summed E-state index contributed by atoms with van der Waals surface area (Å²) in [5.41, 5.74) is 1.88. The van der Waals surface area contributed by atoms with E-state index in [4.69, 9.17) is 0 Å². The number of carboxylic acids is 1. The van der Waals surface area contributed by atoms with Gasteiger partial charge in [-0.1, -0.05) is 30.3 Å². The number of aromatic nitrogens is 2. The van der Waals surface area contributed by atoms with Crippen LogP contribution in [0.25, 0.3) is 17.0 Å². The van der Waals surface area contributed by atoms with Crippen molar-refractivity contribution in [2.75, 3.05) is 0 Å². The number of rotatable bonds is 7. The first kappa shape index (κ1) is 24.6. The minimum atomic E-state index is -1.33. The van der Waals surface area contributed by atoms with Crippen LogP contribution in [0, 0.1) is 0 Å². The molecule has 2 amide bonds. The third kappa shape index (κ3) is 5.73. The van der Waals surface area contributed by atoms with Crippen molar-refractivity contribution in [1.82, 2.24) is 20.8 Å². The molecule has 0 fully saturated rings. The fraction of sp³-hybridized carbons (Fsp3) is 0.0385. The number of nitrogens with zero attached hydrogens (tertiary/aromatic N) is 2. The molecule has 0 unspecified atom stereocenters. The molecule has 0 saturated carbocycles. The number of amides is 2. The SMILES string of the molecule is O=C(O)/C(=C/c1cnnc2ccccc12)NC(=O)c1ccc(C(=O)NCc2cccc(O)c2)cc1Br. The Hall–Kier alpha value is -4.57. The Morgan fingerprint density at radius 2 is 1.78 bits per heavy atom. The van der Waals surface area contributed by atoms with Crippen LogP contribution in [0.1, 0.15) is 31.8 Å². The molecule has 4 aromatic rings. The molecule has 36 heavy (non-hydrogen) atoms. The number of nitrogens with one attached hydrogen (secondary N) is 2. The van der Waals surface area contributed by atoms with Crippen LogP contribution < -0.4 is 10.6 Å². The second-order valence-electron chi connectivity index (χ2n) is 7.68. The van der Waals surface area contributed by atoms with Gasteiger partial charge in [0.05, 0.1) is 17.3 Å². The third-order valence-corrected chi connectivity index (χ3v) is 5.85. The molecule has 0 bridgehead atoms. The average molecular weight is 547 g/mol. The molecular weight excluding hydrogens is 528 g/mol. The van der Waals surface area contributed by atoms with Gasteiger partial charge in [0, 0.05) is 27.5 Å². The Bertz CT molecular complexity index is 1510. The summed E-state index contributed by atoms with van der Waals surface area (Å²) in [6.45, 7) is 0.207. The topological polar surface area (TPSA) is 142 Å². The maximum Gasteiger partial charge on any atom is 0.352 e. The van der Waals surface area contributed by atoms with Crippen LogP contribution in [0.5, 0.6) is 5.75 Å². The molecule has 4 rings (SSSR count). The lowest BCUT2D eigenvalue weighted by Gasteiger charge is -2.10. The number of carboxylic acid groups (broad SMARTS) is 1. The Labute approximate surface area is 213 Å². The highest BCUT2D eigenvalue weighted by Gasteiger charge is 2.18. The molecule has 9 nitrogen and oxygen atoms in total. The molecule has 0 atom stereocenters. The summed E-state index contributed by atoms with van der Waals surface area (Å²) in [7, 11) is 0. The van der Waals surface area contributed by atoms with Gasteiger partial charge in [-0.2, -0.15) is 10.2 Å². The van der Waals surface area contributed by atoms with E-state index in [0.29, 0.717) is 26.5 Å².